The summed E-state index contributed by atoms with van der Waals surface area (Å²) in [6.07, 6.45) is -8.18. The van der Waals surface area contributed by atoms with Gasteiger partial charge in [-0.05, 0) is 0 Å². The Balaban J connectivity index is 7.42. The van der Waals surface area contributed by atoms with E-state index < -0.39 is 89.8 Å². The molecule has 0 aromatic carbocycles. The van der Waals surface area contributed by atoms with E-state index in [1.165, 1.54) is 0 Å². The van der Waals surface area contributed by atoms with Crippen LogP contribution in [0, 0.1) is 0 Å². The molecule has 260 valence electrons. The molecule has 0 saturated carbocycles. The van der Waals surface area contributed by atoms with Gasteiger partial charge in [0.1, 0.15) is 0 Å². The quantitative estimate of drug-likeness (QED) is 0.105. The fourth-order valence-corrected chi connectivity index (χ4v) is 4.27. The van der Waals surface area contributed by atoms with Gasteiger partial charge in [0.2, 0.25) is 0 Å². The van der Waals surface area contributed by atoms with Crippen LogP contribution in [0.4, 0.5) is 110 Å². The van der Waals surface area contributed by atoms with Gasteiger partial charge in [0, 0.05) is 0 Å². The predicted molar refractivity (Wildman–Crippen MR) is 93.2 cm³/mol. The van der Waals surface area contributed by atoms with E-state index in [2.05, 4.69) is 0 Å². The smallest absolute Gasteiger partial charge is 0.200 e. The molecular formula is C14H4Cl3F25Si. The molecule has 0 rings (SSSR count). The molecule has 1 atom stereocenters. The average Bonchev–Trinajstić information content (AvgIpc) is 2.75. The Hall–Kier alpha value is -0.663. The van der Waals surface area contributed by atoms with Crippen molar-refractivity contribution in [1.29, 1.82) is 0 Å². The van der Waals surface area contributed by atoms with E-state index in [9.17, 15) is 110 Å². The van der Waals surface area contributed by atoms with Crippen molar-refractivity contribution >= 4 is 39.2 Å². The van der Waals surface area contributed by atoms with Crippen LogP contribution in [0.5, 0.6) is 0 Å². The van der Waals surface area contributed by atoms with Crippen molar-refractivity contribution in [1.82, 2.24) is 0 Å². The van der Waals surface area contributed by atoms with Gasteiger partial charge < -0.3 is 0 Å². The number of halogens is 28. The Morgan fingerprint density at radius 1 is 0.326 bits per heavy atom. The second-order valence-electron chi connectivity index (χ2n) is 8.13. The van der Waals surface area contributed by atoms with Crippen LogP contribution in [0.25, 0.3) is 0 Å². The number of hydrogen-bond donors (Lipinski definition) is 0. The Kier molecular flexibility index (Phi) is 10.3. The first kappa shape index (κ1) is 42.3. The van der Waals surface area contributed by atoms with Crippen LogP contribution in [-0.4, -0.2) is 77.3 Å². The van der Waals surface area contributed by atoms with Crippen LogP contribution in [0.1, 0.15) is 6.92 Å². The van der Waals surface area contributed by atoms with Crippen LogP contribution in [0.3, 0.4) is 0 Å². The van der Waals surface area contributed by atoms with Crippen molar-refractivity contribution in [2.45, 2.75) is 83.8 Å². The third-order valence-corrected chi connectivity index (χ3v) is 9.65. The zero-order valence-corrected chi connectivity index (χ0v) is 21.9. The van der Waals surface area contributed by atoms with Gasteiger partial charge in [-0.1, -0.05) is 6.92 Å². The first-order valence-electron chi connectivity index (χ1n) is 9.20. The molecule has 0 aromatic heterocycles. The SMILES string of the molecule is CC(C(F)(F)C(F)(F)C(F)(F)C(F)(F)C(F)(F)C(F)(F)C(F)(F)C(F)(F)C(F)(F)C(F)(F)C(F)(F)C(F)(F)F)[Si](Cl)(Cl)Cl. The fourth-order valence-electron chi connectivity index (χ4n) is 2.44. The van der Waals surface area contributed by atoms with E-state index in [1.54, 1.807) is 0 Å². The van der Waals surface area contributed by atoms with Gasteiger partial charge in [-0.15, -0.1) is 33.2 Å². The predicted octanol–water partition coefficient (Wildman–Crippen LogP) is 10.6. The second-order valence-corrected chi connectivity index (χ2v) is 17.2. The minimum Gasteiger partial charge on any atom is -0.200 e. The summed E-state index contributed by atoms with van der Waals surface area (Å²) in [6.45, 7) is -0.498. The summed E-state index contributed by atoms with van der Waals surface area (Å²) in [5.41, 5.74) is -3.93. The molecule has 0 nitrogen and oxygen atoms in total. The molecule has 43 heavy (non-hydrogen) atoms. The van der Waals surface area contributed by atoms with Crippen molar-refractivity contribution in [3.63, 3.8) is 0 Å². The van der Waals surface area contributed by atoms with E-state index >= 15 is 0 Å². The van der Waals surface area contributed by atoms with Crippen LogP contribution in [0.2, 0.25) is 5.54 Å². The molecule has 0 radical (unpaired) electrons. The highest BCUT2D eigenvalue weighted by atomic mass is 35.8. The molecule has 0 heterocycles. The third kappa shape index (κ3) is 5.25. The van der Waals surface area contributed by atoms with Crippen LogP contribution in [-0.2, 0) is 0 Å². The average molecular weight is 782 g/mol. The summed E-state index contributed by atoms with van der Waals surface area (Å²) >= 11 is 14.3. The first-order chi connectivity index (χ1) is 17.9. The Bertz CT molecular complexity index is 1020. The van der Waals surface area contributed by atoms with Gasteiger partial charge >= 0.3 is 77.3 Å². The maximum absolute atomic E-state index is 13.9. The molecule has 0 saturated heterocycles. The molecule has 0 spiro atoms. The van der Waals surface area contributed by atoms with Crippen LogP contribution < -0.4 is 0 Å². The van der Waals surface area contributed by atoms with Crippen molar-refractivity contribution < 1.29 is 110 Å². The highest BCUT2D eigenvalue weighted by Gasteiger charge is 2.99. The summed E-state index contributed by atoms with van der Waals surface area (Å²) in [7, 11) is 0. The molecular weight excluding hydrogens is 778 g/mol. The van der Waals surface area contributed by atoms with Gasteiger partial charge in [-0.2, -0.15) is 110 Å². The van der Waals surface area contributed by atoms with Gasteiger partial charge in [0.15, 0.2) is 0 Å². The zero-order valence-electron chi connectivity index (χ0n) is 18.7. The minimum atomic E-state index is -9.63. The molecule has 0 aliphatic heterocycles. The Morgan fingerprint density at radius 3 is 0.651 bits per heavy atom. The molecule has 0 N–H and O–H groups in total. The van der Waals surface area contributed by atoms with E-state index in [0.29, 0.717) is 0 Å². The molecule has 0 bridgehead atoms. The molecule has 0 amide bonds. The molecule has 0 aliphatic rings. The lowest BCUT2D eigenvalue weighted by Gasteiger charge is -2.46. The zero-order chi connectivity index (χ0) is 36.1. The number of alkyl halides is 25. The van der Waals surface area contributed by atoms with E-state index in [0.717, 1.165) is 0 Å². The summed E-state index contributed by atoms with van der Waals surface area (Å²) in [5.74, 6) is -99.1. The summed E-state index contributed by atoms with van der Waals surface area (Å²) in [5, 5.41) is 0. The fraction of sp³-hybridized carbons (Fsp3) is 1.00. The van der Waals surface area contributed by atoms with Crippen LogP contribution in [0.15, 0.2) is 0 Å². The highest BCUT2D eigenvalue weighted by molar-refractivity contribution is 7.65. The maximum Gasteiger partial charge on any atom is 0.460 e. The lowest BCUT2D eigenvalue weighted by molar-refractivity contribution is -0.482. The highest BCUT2D eigenvalue weighted by Crippen LogP contribution is 2.68. The van der Waals surface area contributed by atoms with Crippen LogP contribution >= 0.6 is 33.2 Å². The minimum absolute atomic E-state index is 0.498. The normalized spacial score (nSPS) is 17.8. The van der Waals surface area contributed by atoms with Gasteiger partial charge in [0.25, 0.3) is 0 Å². The number of hydrogen-bond acceptors (Lipinski definition) is 0. The van der Waals surface area contributed by atoms with Gasteiger partial charge in [0.05, 0.1) is 5.54 Å². The second kappa shape index (κ2) is 10.4. The van der Waals surface area contributed by atoms with Gasteiger partial charge in [-0.25, -0.2) is 0 Å². The van der Waals surface area contributed by atoms with E-state index in [1.807, 2.05) is 0 Å². The molecule has 29 heteroatoms. The van der Waals surface area contributed by atoms with Crippen molar-refractivity contribution in [2.24, 2.45) is 0 Å². The maximum atomic E-state index is 13.9. The Labute approximate surface area is 233 Å². The van der Waals surface area contributed by atoms with Crippen molar-refractivity contribution in [3.05, 3.63) is 0 Å². The molecule has 1 unspecified atom stereocenters. The molecule has 0 aliphatic carbocycles. The topological polar surface area (TPSA) is 0 Å². The summed E-state index contributed by atoms with van der Waals surface area (Å²) < 4.78 is 334. The lowest BCUT2D eigenvalue weighted by atomic mass is 9.84. The first-order valence-corrected chi connectivity index (χ1v) is 14.3. The van der Waals surface area contributed by atoms with Crippen molar-refractivity contribution in [3.8, 4) is 0 Å². The third-order valence-electron chi connectivity index (χ3n) is 5.36. The summed E-state index contributed by atoms with van der Waals surface area (Å²) in [6, 6.07) is -5.59. The molecule has 0 fully saturated rings. The summed E-state index contributed by atoms with van der Waals surface area (Å²) in [4.78, 5) is 0. The monoisotopic (exact) mass is 780 g/mol. The largest absolute Gasteiger partial charge is 0.460 e. The lowest BCUT2D eigenvalue weighted by Crippen LogP contribution is -2.78. The van der Waals surface area contributed by atoms with Gasteiger partial charge in [-0.3, -0.25) is 0 Å². The standard InChI is InChI=1S/C14H4Cl3F25Si/c1-2(43(15,16)17)3(18,19)4(20,21)5(22,23)6(24,25)7(26,27)8(28,29)9(30,31)10(32,33)11(34,35)12(36,37)13(38,39)14(40,41)42/h2H,1H3. The Morgan fingerprint density at radius 2 is 0.488 bits per heavy atom. The van der Waals surface area contributed by atoms with Crippen molar-refractivity contribution in [2.75, 3.05) is 0 Å². The number of rotatable bonds is 12. The van der Waals surface area contributed by atoms with E-state index in [-0.39, 0.29) is 0 Å². The molecule has 0 aromatic rings. The van der Waals surface area contributed by atoms with E-state index in [4.69, 9.17) is 33.2 Å².